The largest absolute Gasteiger partial charge is 0.346 e. The molecule has 2 rings (SSSR count). The Labute approximate surface area is 137 Å². The minimum atomic E-state index is -0.0876. The van der Waals surface area contributed by atoms with E-state index in [1.54, 1.807) is 24.3 Å². The Morgan fingerprint density at radius 1 is 1.00 bits per heavy atom. The minimum absolute atomic E-state index is 0.0312. The summed E-state index contributed by atoms with van der Waals surface area (Å²) >= 11 is 5.84. The van der Waals surface area contributed by atoms with Crippen molar-refractivity contribution >= 4 is 17.5 Å². The zero-order valence-electron chi connectivity index (χ0n) is 13.3. The van der Waals surface area contributed by atoms with Gasteiger partial charge in [0.05, 0.1) is 6.04 Å². The molecule has 0 saturated carbocycles. The zero-order valence-corrected chi connectivity index (χ0v) is 14.0. The molecule has 0 unspecified atom stereocenters. The van der Waals surface area contributed by atoms with Gasteiger partial charge >= 0.3 is 0 Å². The Kier molecular flexibility index (Phi) is 5.62. The van der Waals surface area contributed by atoms with Crippen molar-refractivity contribution in [1.29, 1.82) is 0 Å². The maximum Gasteiger partial charge on any atom is 0.251 e. The summed E-state index contributed by atoms with van der Waals surface area (Å²) in [6.45, 7) is 6.41. The number of halogens is 1. The minimum Gasteiger partial charge on any atom is -0.346 e. The van der Waals surface area contributed by atoms with Crippen LogP contribution in [-0.2, 0) is 6.42 Å². The molecule has 0 bridgehead atoms. The van der Waals surface area contributed by atoms with Crippen LogP contribution in [-0.4, -0.2) is 5.91 Å². The highest BCUT2D eigenvalue weighted by molar-refractivity contribution is 6.30. The second kappa shape index (κ2) is 7.46. The van der Waals surface area contributed by atoms with E-state index in [4.69, 9.17) is 11.6 Å². The number of rotatable bonds is 5. The summed E-state index contributed by atoms with van der Waals surface area (Å²) in [6, 6.07) is 15.3. The van der Waals surface area contributed by atoms with Gasteiger partial charge in [0, 0.05) is 10.6 Å². The number of benzene rings is 2. The van der Waals surface area contributed by atoms with Gasteiger partial charge < -0.3 is 5.32 Å². The first kappa shape index (κ1) is 16.6. The van der Waals surface area contributed by atoms with Gasteiger partial charge in [0.1, 0.15) is 0 Å². The molecule has 0 spiro atoms. The zero-order chi connectivity index (χ0) is 16.1. The van der Waals surface area contributed by atoms with Gasteiger partial charge in [0.25, 0.3) is 5.91 Å². The Bertz CT molecular complexity index is 617. The average Bonchev–Trinajstić information content (AvgIpc) is 2.48. The number of nitrogens with one attached hydrogen (secondary N) is 1. The lowest BCUT2D eigenvalue weighted by molar-refractivity contribution is 0.0940. The molecule has 2 aromatic carbocycles. The van der Waals surface area contributed by atoms with Crippen LogP contribution in [0.1, 0.15) is 48.3 Å². The van der Waals surface area contributed by atoms with E-state index < -0.39 is 0 Å². The molecule has 0 aromatic heterocycles. The number of carbonyl (C=O) groups excluding carboxylic acids is 1. The summed E-state index contributed by atoms with van der Waals surface area (Å²) in [5.41, 5.74) is 3.05. The van der Waals surface area contributed by atoms with Crippen molar-refractivity contribution in [2.45, 2.75) is 33.2 Å². The second-order valence-corrected chi connectivity index (χ2v) is 6.48. The van der Waals surface area contributed by atoms with Gasteiger partial charge in [0.2, 0.25) is 0 Å². The van der Waals surface area contributed by atoms with Crippen molar-refractivity contribution in [3.8, 4) is 0 Å². The molecule has 22 heavy (non-hydrogen) atoms. The topological polar surface area (TPSA) is 29.1 Å². The highest BCUT2D eigenvalue weighted by Gasteiger charge is 2.11. The molecule has 3 heteroatoms. The van der Waals surface area contributed by atoms with Gasteiger partial charge in [0.15, 0.2) is 0 Å². The predicted octanol–water partition coefficient (Wildman–Crippen LogP) is 5.03. The average molecular weight is 316 g/mol. The monoisotopic (exact) mass is 315 g/mol. The van der Waals surface area contributed by atoms with Crippen LogP contribution in [0.5, 0.6) is 0 Å². The van der Waals surface area contributed by atoms with Crippen LogP contribution in [0, 0.1) is 5.92 Å². The van der Waals surface area contributed by atoms with E-state index in [9.17, 15) is 4.79 Å². The molecule has 2 nitrogen and oxygen atoms in total. The predicted molar refractivity (Wildman–Crippen MR) is 92.3 cm³/mol. The summed E-state index contributed by atoms with van der Waals surface area (Å²) in [4.78, 5) is 12.2. The number of hydrogen-bond acceptors (Lipinski definition) is 1. The van der Waals surface area contributed by atoms with Crippen LogP contribution in [0.2, 0.25) is 5.02 Å². The van der Waals surface area contributed by atoms with Crippen molar-refractivity contribution in [3.05, 3.63) is 70.2 Å². The number of hydrogen-bond donors (Lipinski definition) is 1. The summed E-state index contributed by atoms with van der Waals surface area (Å²) in [5, 5.41) is 3.64. The Hall–Kier alpha value is -1.80. The maximum absolute atomic E-state index is 12.2. The van der Waals surface area contributed by atoms with Gasteiger partial charge in [-0.3, -0.25) is 4.79 Å². The molecule has 0 aliphatic rings. The van der Waals surface area contributed by atoms with E-state index in [2.05, 4.69) is 43.4 Å². The van der Waals surface area contributed by atoms with Crippen LogP contribution < -0.4 is 5.32 Å². The number of amides is 1. The van der Waals surface area contributed by atoms with Crippen molar-refractivity contribution in [2.75, 3.05) is 0 Å². The SMILES string of the molecule is CC(C)Cc1ccc([C@@H](C)NC(=O)c2ccc(Cl)cc2)cc1. The highest BCUT2D eigenvalue weighted by Crippen LogP contribution is 2.17. The van der Waals surface area contributed by atoms with Gasteiger partial charge in [-0.25, -0.2) is 0 Å². The van der Waals surface area contributed by atoms with E-state index in [1.165, 1.54) is 5.56 Å². The van der Waals surface area contributed by atoms with Crippen molar-refractivity contribution < 1.29 is 4.79 Å². The first-order valence-electron chi connectivity index (χ1n) is 7.61. The first-order valence-corrected chi connectivity index (χ1v) is 7.99. The Balaban J connectivity index is 2.00. The van der Waals surface area contributed by atoms with Crippen LogP contribution >= 0.6 is 11.6 Å². The molecule has 1 N–H and O–H groups in total. The van der Waals surface area contributed by atoms with Crippen LogP contribution in [0.25, 0.3) is 0 Å². The summed E-state index contributed by atoms with van der Waals surface area (Å²) < 4.78 is 0. The molecule has 1 atom stereocenters. The third-order valence-corrected chi connectivity index (χ3v) is 3.83. The second-order valence-electron chi connectivity index (χ2n) is 6.04. The smallest absolute Gasteiger partial charge is 0.251 e. The van der Waals surface area contributed by atoms with Crippen molar-refractivity contribution in [1.82, 2.24) is 5.32 Å². The molecule has 0 heterocycles. The lowest BCUT2D eigenvalue weighted by atomic mass is 10.00. The van der Waals surface area contributed by atoms with E-state index in [-0.39, 0.29) is 11.9 Å². The fourth-order valence-electron chi connectivity index (χ4n) is 2.38. The maximum atomic E-state index is 12.2. The lowest BCUT2D eigenvalue weighted by Crippen LogP contribution is -2.26. The Morgan fingerprint density at radius 3 is 2.14 bits per heavy atom. The third-order valence-electron chi connectivity index (χ3n) is 3.58. The van der Waals surface area contributed by atoms with E-state index in [1.807, 2.05) is 6.92 Å². The molecule has 0 aliphatic carbocycles. The molecule has 0 fully saturated rings. The molecule has 2 aromatic rings. The van der Waals surface area contributed by atoms with Gasteiger partial charge in [-0.15, -0.1) is 0 Å². The van der Waals surface area contributed by atoms with Crippen LogP contribution in [0.15, 0.2) is 48.5 Å². The van der Waals surface area contributed by atoms with Crippen molar-refractivity contribution in [2.24, 2.45) is 5.92 Å². The van der Waals surface area contributed by atoms with E-state index >= 15 is 0 Å². The normalized spacial score (nSPS) is 12.2. The highest BCUT2D eigenvalue weighted by atomic mass is 35.5. The molecular weight excluding hydrogens is 294 g/mol. The van der Waals surface area contributed by atoms with Crippen LogP contribution in [0.4, 0.5) is 0 Å². The first-order chi connectivity index (χ1) is 10.5. The lowest BCUT2D eigenvalue weighted by Gasteiger charge is -2.15. The van der Waals surface area contributed by atoms with Gasteiger partial charge in [-0.1, -0.05) is 49.7 Å². The molecule has 1 amide bonds. The summed E-state index contributed by atoms with van der Waals surface area (Å²) in [5.74, 6) is 0.559. The molecule has 0 saturated heterocycles. The number of carbonyl (C=O) groups is 1. The van der Waals surface area contributed by atoms with Gasteiger partial charge in [-0.2, -0.15) is 0 Å². The Morgan fingerprint density at radius 2 is 1.59 bits per heavy atom. The quantitative estimate of drug-likeness (QED) is 0.823. The fraction of sp³-hybridized carbons (Fsp3) is 0.316. The van der Waals surface area contributed by atoms with Crippen LogP contribution in [0.3, 0.4) is 0 Å². The standard InChI is InChI=1S/C19H22ClNO/c1-13(2)12-15-4-6-16(7-5-15)14(3)21-19(22)17-8-10-18(20)11-9-17/h4-11,13-14H,12H2,1-3H3,(H,21,22)/t14-/m1/s1. The third kappa shape index (κ3) is 4.60. The molecule has 0 radical (unpaired) electrons. The van der Waals surface area contributed by atoms with Gasteiger partial charge in [-0.05, 0) is 54.7 Å². The van der Waals surface area contributed by atoms with E-state index in [0.29, 0.717) is 16.5 Å². The molecule has 0 aliphatic heterocycles. The van der Waals surface area contributed by atoms with E-state index in [0.717, 1.165) is 12.0 Å². The summed E-state index contributed by atoms with van der Waals surface area (Å²) in [6.07, 6.45) is 1.08. The summed E-state index contributed by atoms with van der Waals surface area (Å²) in [7, 11) is 0. The molecule has 116 valence electrons. The fourth-order valence-corrected chi connectivity index (χ4v) is 2.50. The van der Waals surface area contributed by atoms with Crippen molar-refractivity contribution in [3.63, 3.8) is 0 Å². The molecular formula is C19H22ClNO.